The van der Waals surface area contributed by atoms with Crippen molar-refractivity contribution in [3.63, 3.8) is 0 Å². The van der Waals surface area contributed by atoms with Crippen molar-refractivity contribution in [2.75, 3.05) is 18.4 Å². The number of carbonyl (C=O) groups is 2. The molecule has 0 aromatic heterocycles. The predicted molar refractivity (Wildman–Crippen MR) is 110 cm³/mol. The molecule has 0 saturated carbocycles. The van der Waals surface area contributed by atoms with Gasteiger partial charge >= 0.3 is 0 Å². The smallest absolute Gasteiger partial charge is 0.255 e. The van der Waals surface area contributed by atoms with Gasteiger partial charge in [0.1, 0.15) is 0 Å². The third-order valence-electron chi connectivity index (χ3n) is 4.53. The van der Waals surface area contributed by atoms with E-state index in [-0.39, 0.29) is 17.7 Å². The molecular weight excluding hydrogens is 430 g/mol. The fourth-order valence-electron chi connectivity index (χ4n) is 3.02. The van der Waals surface area contributed by atoms with E-state index in [9.17, 15) is 9.59 Å². The number of piperidine rings is 1. The van der Waals surface area contributed by atoms with E-state index in [1.807, 2.05) is 0 Å². The number of hydrogen-bond acceptors (Lipinski definition) is 2. The number of benzene rings is 2. The molecule has 3 rings (SSSR count). The molecule has 1 heterocycles. The Morgan fingerprint density at radius 2 is 1.56 bits per heavy atom. The molecule has 1 aliphatic rings. The third kappa shape index (κ3) is 4.69. The summed E-state index contributed by atoms with van der Waals surface area (Å²) in [4.78, 5) is 26.9. The van der Waals surface area contributed by atoms with E-state index in [0.717, 1.165) is 0 Å². The Labute approximate surface area is 177 Å². The number of halogens is 4. The van der Waals surface area contributed by atoms with Crippen LogP contribution in [0.1, 0.15) is 23.2 Å². The molecule has 0 bridgehead atoms. The maximum Gasteiger partial charge on any atom is 0.255 e. The average Bonchev–Trinajstić information content (AvgIpc) is 2.64. The Kier molecular flexibility index (Phi) is 6.53. The van der Waals surface area contributed by atoms with Gasteiger partial charge in [-0.25, -0.2) is 0 Å². The number of para-hydroxylation sites is 1. The number of nitrogens with one attached hydrogen (secondary N) is 1. The summed E-state index contributed by atoms with van der Waals surface area (Å²) in [6, 6.07) is 9.84. The minimum atomic E-state index is -0.220. The normalized spacial score (nSPS) is 14.9. The molecule has 1 N–H and O–H groups in total. The lowest BCUT2D eigenvalue weighted by atomic mass is 9.95. The van der Waals surface area contributed by atoms with Crippen molar-refractivity contribution >= 4 is 63.9 Å². The van der Waals surface area contributed by atoms with Crippen LogP contribution in [0.2, 0.25) is 20.1 Å². The molecule has 0 radical (unpaired) electrons. The van der Waals surface area contributed by atoms with Crippen LogP contribution < -0.4 is 5.32 Å². The van der Waals surface area contributed by atoms with Gasteiger partial charge in [-0.1, -0.05) is 52.5 Å². The summed E-state index contributed by atoms with van der Waals surface area (Å²) < 4.78 is 0. The minimum Gasteiger partial charge on any atom is -0.339 e. The second-order valence-electron chi connectivity index (χ2n) is 6.28. The molecule has 0 aliphatic carbocycles. The topological polar surface area (TPSA) is 49.4 Å². The van der Waals surface area contributed by atoms with Gasteiger partial charge in [0.2, 0.25) is 5.91 Å². The van der Waals surface area contributed by atoms with Crippen LogP contribution in [0.5, 0.6) is 0 Å². The van der Waals surface area contributed by atoms with Crippen molar-refractivity contribution in [2.24, 2.45) is 5.92 Å². The number of likely N-dealkylation sites (tertiary alicyclic amines) is 1. The zero-order valence-corrected chi connectivity index (χ0v) is 17.2. The van der Waals surface area contributed by atoms with E-state index in [1.54, 1.807) is 41.3 Å². The predicted octanol–water partition coefficient (Wildman–Crippen LogP) is 5.79. The molecule has 0 atom stereocenters. The molecule has 1 aliphatic heterocycles. The van der Waals surface area contributed by atoms with E-state index in [2.05, 4.69) is 5.32 Å². The first kappa shape index (κ1) is 20.3. The summed E-state index contributed by atoms with van der Waals surface area (Å²) in [5, 5.41) is 4.37. The summed E-state index contributed by atoms with van der Waals surface area (Å²) in [6.07, 6.45) is 1.09. The first-order valence-corrected chi connectivity index (χ1v) is 9.87. The Bertz CT molecular complexity index is 860. The molecule has 1 fully saturated rings. The SMILES string of the molecule is O=C(Nc1c(Cl)cccc1Cl)C1CCN(C(=O)c2ccc(Cl)cc2Cl)CC1. The Morgan fingerprint density at radius 1 is 0.926 bits per heavy atom. The van der Waals surface area contributed by atoms with Gasteiger partial charge in [0.15, 0.2) is 0 Å². The zero-order valence-electron chi connectivity index (χ0n) is 14.1. The van der Waals surface area contributed by atoms with Crippen LogP contribution >= 0.6 is 46.4 Å². The van der Waals surface area contributed by atoms with Gasteiger partial charge in [0, 0.05) is 24.0 Å². The highest BCUT2D eigenvalue weighted by Crippen LogP contribution is 2.31. The van der Waals surface area contributed by atoms with Crippen molar-refractivity contribution in [1.82, 2.24) is 4.90 Å². The van der Waals surface area contributed by atoms with Crippen molar-refractivity contribution in [2.45, 2.75) is 12.8 Å². The molecule has 1 saturated heterocycles. The lowest BCUT2D eigenvalue weighted by Crippen LogP contribution is -2.41. The van der Waals surface area contributed by atoms with Crippen LogP contribution in [-0.2, 0) is 4.79 Å². The van der Waals surface area contributed by atoms with Crippen molar-refractivity contribution in [1.29, 1.82) is 0 Å². The summed E-state index contributed by atoms with van der Waals surface area (Å²) in [7, 11) is 0. The van der Waals surface area contributed by atoms with E-state index in [0.29, 0.717) is 57.3 Å². The summed E-state index contributed by atoms with van der Waals surface area (Å²) in [6.45, 7) is 0.929. The second-order valence-corrected chi connectivity index (χ2v) is 7.93. The Morgan fingerprint density at radius 3 is 2.15 bits per heavy atom. The molecule has 2 aromatic carbocycles. The van der Waals surface area contributed by atoms with Gasteiger partial charge in [0.05, 0.1) is 26.3 Å². The minimum absolute atomic E-state index is 0.151. The molecule has 2 amide bonds. The largest absolute Gasteiger partial charge is 0.339 e. The summed E-state index contributed by atoms with van der Waals surface area (Å²) in [5.74, 6) is -0.534. The monoisotopic (exact) mass is 444 g/mol. The van der Waals surface area contributed by atoms with Crippen LogP contribution in [0.15, 0.2) is 36.4 Å². The van der Waals surface area contributed by atoms with Crippen molar-refractivity contribution in [3.05, 3.63) is 62.1 Å². The fraction of sp³-hybridized carbons (Fsp3) is 0.263. The van der Waals surface area contributed by atoms with E-state index >= 15 is 0 Å². The van der Waals surface area contributed by atoms with Crippen LogP contribution in [0, 0.1) is 5.92 Å². The first-order chi connectivity index (χ1) is 12.9. The van der Waals surface area contributed by atoms with Crippen LogP contribution in [-0.4, -0.2) is 29.8 Å². The number of amides is 2. The van der Waals surface area contributed by atoms with Crippen LogP contribution in [0.4, 0.5) is 5.69 Å². The molecule has 2 aromatic rings. The molecule has 142 valence electrons. The van der Waals surface area contributed by atoms with Crippen molar-refractivity contribution in [3.8, 4) is 0 Å². The molecule has 27 heavy (non-hydrogen) atoms. The number of hydrogen-bond donors (Lipinski definition) is 1. The van der Waals surface area contributed by atoms with Crippen LogP contribution in [0.25, 0.3) is 0 Å². The highest BCUT2D eigenvalue weighted by atomic mass is 35.5. The highest BCUT2D eigenvalue weighted by Gasteiger charge is 2.29. The number of rotatable bonds is 3. The maximum absolute atomic E-state index is 12.7. The molecule has 4 nitrogen and oxygen atoms in total. The van der Waals surface area contributed by atoms with E-state index in [4.69, 9.17) is 46.4 Å². The summed E-state index contributed by atoms with van der Waals surface area (Å²) >= 11 is 24.2. The number of anilines is 1. The lowest BCUT2D eigenvalue weighted by Gasteiger charge is -2.31. The number of nitrogens with zero attached hydrogens (tertiary/aromatic N) is 1. The third-order valence-corrected chi connectivity index (χ3v) is 5.70. The highest BCUT2D eigenvalue weighted by molar-refractivity contribution is 6.39. The van der Waals surface area contributed by atoms with Crippen molar-refractivity contribution < 1.29 is 9.59 Å². The van der Waals surface area contributed by atoms with E-state index in [1.165, 1.54) is 0 Å². The van der Waals surface area contributed by atoms with Gasteiger partial charge in [-0.3, -0.25) is 9.59 Å². The number of carbonyl (C=O) groups excluding carboxylic acids is 2. The summed E-state index contributed by atoms with van der Waals surface area (Å²) in [5.41, 5.74) is 0.823. The molecule has 8 heteroatoms. The molecule has 0 spiro atoms. The van der Waals surface area contributed by atoms with Gasteiger partial charge in [0.25, 0.3) is 5.91 Å². The van der Waals surface area contributed by atoms with Crippen LogP contribution in [0.3, 0.4) is 0 Å². The van der Waals surface area contributed by atoms with E-state index < -0.39 is 0 Å². The zero-order chi connectivity index (χ0) is 19.6. The quantitative estimate of drug-likeness (QED) is 0.649. The fourth-order valence-corrected chi connectivity index (χ4v) is 4.00. The standard InChI is InChI=1S/C19H16Cl4N2O2/c20-12-4-5-13(16(23)10-12)19(27)25-8-6-11(7-9-25)18(26)24-17-14(21)2-1-3-15(17)22/h1-5,10-11H,6-9H2,(H,24,26). The first-order valence-electron chi connectivity index (χ1n) is 8.36. The second kappa shape index (κ2) is 8.70. The molecular formula is C19H16Cl4N2O2. The lowest BCUT2D eigenvalue weighted by molar-refractivity contribution is -0.121. The maximum atomic E-state index is 12.7. The van der Waals surface area contributed by atoms with Gasteiger partial charge in [-0.15, -0.1) is 0 Å². The molecule has 0 unspecified atom stereocenters. The Hall–Kier alpha value is -1.46. The van der Waals surface area contributed by atoms with Gasteiger partial charge < -0.3 is 10.2 Å². The van der Waals surface area contributed by atoms with Gasteiger partial charge in [-0.2, -0.15) is 0 Å². The average molecular weight is 446 g/mol. The Balaban J connectivity index is 1.61. The van der Waals surface area contributed by atoms with Gasteiger partial charge in [-0.05, 0) is 43.2 Å².